The van der Waals surface area contributed by atoms with Crippen LogP contribution in [0.15, 0.2) is 24.3 Å². The Kier molecular flexibility index (Phi) is 6.08. The summed E-state index contributed by atoms with van der Waals surface area (Å²) in [7, 11) is 0. The molecular weight excluding hydrogens is 284 g/mol. The van der Waals surface area contributed by atoms with Crippen molar-refractivity contribution in [2.45, 2.75) is 26.3 Å². The summed E-state index contributed by atoms with van der Waals surface area (Å²) in [5.74, 6) is -1.85. The van der Waals surface area contributed by atoms with Crippen LogP contribution in [0.25, 0.3) is 0 Å². The highest BCUT2D eigenvalue weighted by Crippen LogP contribution is 2.12. The third-order valence-electron chi connectivity index (χ3n) is 3.02. The summed E-state index contributed by atoms with van der Waals surface area (Å²) in [5, 5.41) is 13.8. The van der Waals surface area contributed by atoms with Gasteiger partial charge < -0.3 is 16.4 Å². The molecule has 1 aromatic carbocycles. The van der Waals surface area contributed by atoms with Crippen molar-refractivity contribution in [3.8, 4) is 6.07 Å². The maximum absolute atomic E-state index is 12.2. The molecule has 1 rings (SSSR count). The lowest BCUT2D eigenvalue weighted by Gasteiger charge is -2.20. The molecule has 0 aromatic heterocycles. The van der Waals surface area contributed by atoms with Crippen molar-refractivity contribution in [3.63, 3.8) is 0 Å². The van der Waals surface area contributed by atoms with Gasteiger partial charge in [-0.3, -0.25) is 14.4 Å². The van der Waals surface area contributed by atoms with Crippen LogP contribution >= 0.6 is 0 Å². The lowest BCUT2D eigenvalue weighted by molar-refractivity contribution is -0.121. The maximum Gasteiger partial charge on any atom is 0.252 e. The van der Waals surface area contributed by atoms with Gasteiger partial charge in [0.05, 0.1) is 6.07 Å². The molecule has 2 atom stereocenters. The third kappa shape index (κ3) is 4.90. The van der Waals surface area contributed by atoms with Crippen LogP contribution in [0.1, 0.15) is 30.6 Å². The van der Waals surface area contributed by atoms with E-state index in [4.69, 9.17) is 11.0 Å². The van der Waals surface area contributed by atoms with Crippen LogP contribution in [0, 0.1) is 17.2 Å². The Morgan fingerprint density at radius 1 is 1.36 bits per heavy atom. The molecule has 7 nitrogen and oxygen atoms in total. The number of carbonyl (C=O) groups is 3. The molecule has 0 heterocycles. The molecule has 4 N–H and O–H groups in total. The number of nitrogens with zero attached hydrogens (tertiary/aromatic N) is 1. The first-order valence-corrected chi connectivity index (χ1v) is 6.70. The summed E-state index contributed by atoms with van der Waals surface area (Å²) >= 11 is 0. The fourth-order valence-electron chi connectivity index (χ4n) is 1.92. The highest BCUT2D eigenvalue weighted by Gasteiger charge is 2.25. The molecule has 0 spiro atoms. The van der Waals surface area contributed by atoms with E-state index in [9.17, 15) is 14.4 Å². The molecule has 3 amide bonds. The van der Waals surface area contributed by atoms with Crippen molar-refractivity contribution >= 4 is 23.4 Å². The standard InChI is InChI=1S/C15H18N4O3/c1-9(6-7-16)13(14(17)21)19-15(22)11-4-3-5-12(8-11)18-10(2)20/h3-5,8-9,13H,6H2,1-2H3,(H2,17,21)(H,18,20)(H,19,22)/t9-,13-/m0/s1. The van der Waals surface area contributed by atoms with Crippen LogP contribution in [0.2, 0.25) is 0 Å². The highest BCUT2D eigenvalue weighted by molar-refractivity contribution is 5.99. The van der Waals surface area contributed by atoms with Crippen molar-refractivity contribution in [1.82, 2.24) is 5.32 Å². The van der Waals surface area contributed by atoms with E-state index >= 15 is 0 Å². The Balaban J connectivity index is 2.88. The van der Waals surface area contributed by atoms with E-state index in [1.807, 2.05) is 6.07 Å². The zero-order chi connectivity index (χ0) is 16.7. The zero-order valence-electron chi connectivity index (χ0n) is 12.4. The minimum Gasteiger partial charge on any atom is -0.368 e. The Labute approximate surface area is 128 Å². The first-order chi connectivity index (χ1) is 10.3. The number of amides is 3. The van der Waals surface area contributed by atoms with Gasteiger partial charge in [0.2, 0.25) is 11.8 Å². The van der Waals surface area contributed by atoms with Gasteiger partial charge in [0.1, 0.15) is 6.04 Å². The molecule has 0 fully saturated rings. The van der Waals surface area contributed by atoms with Crippen LogP contribution in [0.4, 0.5) is 5.69 Å². The predicted molar refractivity (Wildman–Crippen MR) is 80.6 cm³/mol. The maximum atomic E-state index is 12.2. The fourth-order valence-corrected chi connectivity index (χ4v) is 1.92. The second-order valence-corrected chi connectivity index (χ2v) is 4.96. The number of benzene rings is 1. The number of anilines is 1. The van der Waals surface area contributed by atoms with Gasteiger partial charge in [-0.25, -0.2) is 0 Å². The summed E-state index contributed by atoms with van der Waals surface area (Å²) in [6, 6.07) is 7.30. The number of nitrogens with one attached hydrogen (secondary N) is 2. The monoisotopic (exact) mass is 302 g/mol. The van der Waals surface area contributed by atoms with E-state index in [0.717, 1.165) is 0 Å². The molecule has 0 aliphatic carbocycles. The molecule has 116 valence electrons. The van der Waals surface area contributed by atoms with Crippen LogP contribution in [0.5, 0.6) is 0 Å². The van der Waals surface area contributed by atoms with Gasteiger partial charge >= 0.3 is 0 Å². The normalized spacial score (nSPS) is 12.6. The van der Waals surface area contributed by atoms with Crippen molar-refractivity contribution in [2.24, 2.45) is 11.7 Å². The van der Waals surface area contributed by atoms with Gasteiger partial charge in [-0.2, -0.15) is 5.26 Å². The molecule has 0 aliphatic rings. The molecule has 0 radical (unpaired) electrons. The second-order valence-electron chi connectivity index (χ2n) is 4.96. The van der Waals surface area contributed by atoms with Gasteiger partial charge in [0, 0.05) is 24.6 Å². The van der Waals surface area contributed by atoms with E-state index in [0.29, 0.717) is 5.69 Å². The van der Waals surface area contributed by atoms with Crippen molar-refractivity contribution in [1.29, 1.82) is 5.26 Å². The minimum absolute atomic E-state index is 0.0970. The summed E-state index contributed by atoms with van der Waals surface area (Å²) in [6.07, 6.45) is 0.0970. The zero-order valence-corrected chi connectivity index (χ0v) is 12.4. The molecule has 0 aliphatic heterocycles. The Morgan fingerprint density at radius 3 is 2.59 bits per heavy atom. The third-order valence-corrected chi connectivity index (χ3v) is 3.02. The van der Waals surface area contributed by atoms with E-state index < -0.39 is 23.8 Å². The van der Waals surface area contributed by atoms with Crippen molar-refractivity contribution in [2.75, 3.05) is 5.32 Å². The van der Waals surface area contributed by atoms with Crippen LogP contribution < -0.4 is 16.4 Å². The molecule has 0 saturated heterocycles. The summed E-state index contributed by atoms with van der Waals surface area (Å²) in [4.78, 5) is 34.6. The van der Waals surface area contributed by atoms with Gasteiger partial charge in [0.25, 0.3) is 5.91 Å². The average Bonchev–Trinajstić information content (AvgIpc) is 2.43. The van der Waals surface area contributed by atoms with Crippen LogP contribution in [-0.2, 0) is 9.59 Å². The van der Waals surface area contributed by atoms with E-state index in [2.05, 4.69) is 10.6 Å². The lowest BCUT2D eigenvalue weighted by atomic mass is 9.98. The van der Waals surface area contributed by atoms with Crippen LogP contribution in [0.3, 0.4) is 0 Å². The molecular formula is C15H18N4O3. The smallest absolute Gasteiger partial charge is 0.252 e. The largest absolute Gasteiger partial charge is 0.368 e. The Hall–Kier alpha value is -2.88. The number of hydrogen-bond acceptors (Lipinski definition) is 4. The Bertz CT molecular complexity index is 621. The number of nitriles is 1. The predicted octanol–water partition coefficient (Wildman–Crippen LogP) is 0.778. The van der Waals surface area contributed by atoms with Crippen molar-refractivity contribution in [3.05, 3.63) is 29.8 Å². The van der Waals surface area contributed by atoms with E-state index in [1.54, 1.807) is 25.1 Å². The van der Waals surface area contributed by atoms with E-state index in [1.165, 1.54) is 13.0 Å². The van der Waals surface area contributed by atoms with Crippen LogP contribution in [-0.4, -0.2) is 23.8 Å². The fraction of sp³-hybridized carbons (Fsp3) is 0.333. The summed E-state index contributed by atoms with van der Waals surface area (Å²) in [5.41, 5.74) is 6.02. The lowest BCUT2D eigenvalue weighted by Crippen LogP contribution is -2.48. The SMILES string of the molecule is CC(=O)Nc1cccc(C(=O)N[C@H](C(N)=O)[C@@H](C)CC#N)c1. The quantitative estimate of drug-likeness (QED) is 0.717. The minimum atomic E-state index is -0.934. The van der Waals surface area contributed by atoms with Gasteiger partial charge in [-0.05, 0) is 24.1 Å². The molecule has 22 heavy (non-hydrogen) atoms. The Morgan fingerprint density at radius 2 is 2.05 bits per heavy atom. The number of primary amides is 1. The first kappa shape index (κ1) is 17.2. The topological polar surface area (TPSA) is 125 Å². The van der Waals surface area contributed by atoms with E-state index in [-0.39, 0.29) is 17.9 Å². The number of carbonyl (C=O) groups excluding carboxylic acids is 3. The number of rotatable bonds is 6. The number of nitrogens with two attached hydrogens (primary N) is 1. The van der Waals surface area contributed by atoms with Gasteiger partial charge in [0.15, 0.2) is 0 Å². The van der Waals surface area contributed by atoms with Gasteiger partial charge in [-0.15, -0.1) is 0 Å². The summed E-state index contributed by atoms with van der Waals surface area (Å²) in [6.45, 7) is 3.02. The van der Waals surface area contributed by atoms with Gasteiger partial charge in [-0.1, -0.05) is 13.0 Å². The average molecular weight is 302 g/mol. The molecule has 0 bridgehead atoms. The molecule has 1 aromatic rings. The summed E-state index contributed by atoms with van der Waals surface area (Å²) < 4.78 is 0. The molecule has 0 saturated carbocycles. The molecule has 7 heteroatoms. The van der Waals surface area contributed by atoms with Crippen molar-refractivity contribution < 1.29 is 14.4 Å². The highest BCUT2D eigenvalue weighted by atomic mass is 16.2. The molecule has 0 unspecified atom stereocenters. The number of hydrogen-bond donors (Lipinski definition) is 3. The first-order valence-electron chi connectivity index (χ1n) is 6.70. The second kappa shape index (κ2) is 7.78.